The van der Waals surface area contributed by atoms with Gasteiger partial charge in [0.15, 0.2) is 0 Å². The molecule has 2 nitrogen and oxygen atoms in total. The molecule has 3 heteroatoms. The molecule has 0 heterocycles. The first kappa shape index (κ1) is 8.01. The summed E-state index contributed by atoms with van der Waals surface area (Å²) in [6.07, 6.45) is 0. The van der Waals surface area contributed by atoms with Crippen LogP contribution in [0.25, 0.3) is 0 Å². The second-order valence-electron chi connectivity index (χ2n) is 2.26. The molecule has 1 aromatic rings. The summed E-state index contributed by atoms with van der Waals surface area (Å²) in [4.78, 5) is 0. The van der Waals surface area contributed by atoms with Gasteiger partial charge in [-0.3, -0.25) is 0 Å². The van der Waals surface area contributed by atoms with Gasteiger partial charge in [-0.15, -0.1) is 0 Å². The van der Waals surface area contributed by atoms with Crippen LogP contribution in [0.5, 0.6) is 0 Å². The third-order valence-electron chi connectivity index (χ3n) is 1.56. The lowest BCUT2D eigenvalue weighted by molar-refractivity contribution is 0.625. The summed E-state index contributed by atoms with van der Waals surface area (Å²) in [5.41, 5.74) is 7.07. The average molecular weight is 154 g/mol. The first-order chi connectivity index (χ1) is 5.27. The van der Waals surface area contributed by atoms with Gasteiger partial charge in [0.1, 0.15) is 5.82 Å². The van der Waals surface area contributed by atoms with Crippen molar-refractivity contribution in [1.82, 2.24) is 0 Å². The molecule has 0 unspecified atom stereocenters. The molecule has 60 valence electrons. The summed E-state index contributed by atoms with van der Waals surface area (Å²) in [6, 6.07) is 4.52. The Morgan fingerprint density at radius 1 is 1.55 bits per heavy atom. The Morgan fingerprint density at radius 2 is 2.27 bits per heavy atom. The Hall–Kier alpha value is -1.09. The van der Waals surface area contributed by atoms with Crippen LogP contribution in [0.15, 0.2) is 18.2 Å². The minimum Gasteiger partial charge on any atom is -0.388 e. The van der Waals surface area contributed by atoms with Crippen molar-refractivity contribution in [3.8, 4) is 0 Å². The van der Waals surface area contributed by atoms with E-state index in [1.807, 2.05) is 0 Å². The quantitative estimate of drug-likeness (QED) is 0.674. The number of nitrogens with two attached hydrogens (primary N) is 1. The molecule has 0 aromatic heterocycles. The number of hydrogen-bond acceptors (Lipinski definition) is 2. The standard InChI is InChI=1S/C8H11FN2/c1-11-8-3-2-7(9)4-6(8)5-10/h2-4,11H,5,10H2,1H3. The summed E-state index contributed by atoms with van der Waals surface area (Å²) in [5, 5.41) is 2.93. The Bertz CT molecular complexity index is 248. The van der Waals surface area contributed by atoms with Crippen LogP contribution in [-0.2, 0) is 6.54 Å². The van der Waals surface area contributed by atoms with Gasteiger partial charge in [0.05, 0.1) is 0 Å². The summed E-state index contributed by atoms with van der Waals surface area (Å²) in [7, 11) is 1.78. The number of nitrogens with one attached hydrogen (secondary N) is 1. The maximum atomic E-state index is 12.6. The van der Waals surface area contributed by atoms with E-state index >= 15 is 0 Å². The zero-order chi connectivity index (χ0) is 8.27. The maximum Gasteiger partial charge on any atom is 0.123 e. The Balaban J connectivity index is 3.06. The van der Waals surface area contributed by atoms with E-state index in [0.29, 0.717) is 6.54 Å². The highest BCUT2D eigenvalue weighted by Crippen LogP contribution is 2.14. The van der Waals surface area contributed by atoms with Crippen molar-refractivity contribution in [1.29, 1.82) is 0 Å². The zero-order valence-electron chi connectivity index (χ0n) is 6.39. The maximum absolute atomic E-state index is 12.6. The molecule has 0 amide bonds. The van der Waals surface area contributed by atoms with Gasteiger partial charge in [-0.2, -0.15) is 0 Å². The average Bonchev–Trinajstić information content (AvgIpc) is 2.04. The first-order valence-electron chi connectivity index (χ1n) is 3.44. The van der Waals surface area contributed by atoms with Crippen LogP contribution < -0.4 is 11.1 Å². The predicted octanol–water partition coefficient (Wildman–Crippen LogP) is 1.33. The summed E-state index contributed by atoms with van der Waals surface area (Å²) >= 11 is 0. The van der Waals surface area contributed by atoms with E-state index in [1.54, 1.807) is 13.1 Å². The van der Waals surface area contributed by atoms with Crippen molar-refractivity contribution in [2.45, 2.75) is 6.54 Å². The SMILES string of the molecule is CNc1ccc(F)cc1CN. The molecule has 0 aliphatic carbocycles. The van der Waals surface area contributed by atoms with Gasteiger partial charge in [-0.1, -0.05) is 0 Å². The van der Waals surface area contributed by atoms with Crippen molar-refractivity contribution in [2.75, 3.05) is 12.4 Å². The van der Waals surface area contributed by atoms with Crippen LogP contribution in [0.2, 0.25) is 0 Å². The van der Waals surface area contributed by atoms with Gasteiger partial charge in [0.2, 0.25) is 0 Å². The number of hydrogen-bond donors (Lipinski definition) is 2. The lowest BCUT2D eigenvalue weighted by atomic mass is 10.2. The van der Waals surface area contributed by atoms with Crippen LogP contribution in [-0.4, -0.2) is 7.05 Å². The summed E-state index contributed by atoms with van der Waals surface area (Å²) in [5.74, 6) is -0.246. The lowest BCUT2D eigenvalue weighted by Crippen LogP contribution is -2.02. The van der Waals surface area contributed by atoms with Crippen molar-refractivity contribution in [3.63, 3.8) is 0 Å². The van der Waals surface area contributed by atoms with Gasteiger partial charge >= 0.3 is 0 Å². The van der Waals surface area contributed by atoms with Crippen LogP contribution in [0.1, 0.15) is 5.56 Å². The van der Waals surface area contributed by atoms with Crippen molar-refractivity contribution >= 4 is 5.69 Å². The van der Waals surface area contributed by atoms with E-state index in [0.717, 1.165) is 11.3 Å². The third-order valence-corrected chi connectivity index (χ3v) is 1.56. The van der Waals surface area contributed by atoms with Crippen molar-refractivity contribution in [2.24, 2.45) is 5.73 Å². The topological polar surface area (TPSA) is 38.0 Å². The van der Waals surface area contributed by atoms with Crippen LogP contribution in [0.3, 0.4) is 0 Å². The Labute approximate surface area is 65.2 Å². The van der Waals surface area contributed by atoms with Gasteiger partial charge in [0, 0.05) is 19.3 Å². The monoisotopic (exact) mass is 154 g/mol. The second-order valence-corrected chi connectivity index (χ2v) is 2.26. The molecule has 0 fully saturated rings. The fourth-order valence-electron chi connectivity index (χ4n) is 0.975. The molecule has 0 radical (unpaired) electrons. The summed E-state index contributed by atoms with van der Waals surface area (Å²) < 4.78 is 12.6. The Kier molecular flexibility index (Phi) is 2.44. The van der Waals surface area contributed by atoms with E-state index in [9.17, 15) is 4.39 Å². The molecule has 1 rings (SSSR count). The van der Waals surface area contributed by atoms with Crippen molar-refractivity contribution < 1.29 is 4.39 Å². The minimum absolute atomic E-state index is 0.246. The number of rotatable bonds is 2. The van der Waals surface area contributed by atoms with Crippen LogP contribution >= 0.6 is 0 Å². The van der Waals surface area contributed by atoms with E-state index < -0.39 is 0 Å². The highest BCUT2D eigenvalue weighted by atomic mass is 19.1. The molecule has 1 aromatic carbocycles. The Morgan fingerprint density at radius 3 is 2.82 bits per heavy atom. The van der Waals surface area contributed by atoms with Crippen molar-refractivity contribution in [3.05, 3.63) is 29.6 Å². The zero-order valence-corrected chi connectivity index (χ0v) is 6.39. The number of halogens is 1. The van der Waals surface area contributed by atoms with Gasteiger partial charge in [-0.25, -0.2) is 4.39 Å². The molecule has 11 heavy (non-hydrogen) atoms. The molecule has 0 bridgehead atoms. The fourth-order valence-corrected chi connectivity index (χ4v) is 0.975. The fraction of sp³-hybridized carbons (Fsp3) is 0.250. The number of anilines is 1. The smallest absolute Gasteiger partial charge is 0.123 e. The third kappa shape index (κ3) is 1.68. The molecular formula is C8H11FN2. The molecule has 3 N–H and O–H groups in total. The molecule has 0 atom stereocenters. The number of benzene rings is 1. The molecule has 0 spiro atoms. The molecule has 0 aliphatic rings. The van der Waals surface area contributed by atoms with Crippen LogP contribution in [0, 0.1) is 5.82 Å². The molecule has 0 saturated carbocycles. The van der Waals surface area contributed by atoms with Crippen LogP contribution in [0.4, 0.5) is 10.1 Å². The second kappa shape index (κ2) is 3.34. The van der Waals surface area contributed by atoms with E-state index in [2.05, 4.69) is 5.32 Å². The summed E-state index contributed by atoms with van der Waals surface area (Å²) in [6.45, 7) is 0.355. The normalized spacial score (nSPS) is 9.73. The van der Waals surface area contributed by atoms with E-state index in [4.69, 9.17) is 5.73 Å². The largest absolute Gasteiger partial charge is 0.388 e. The van der Waals surface area contributed by atoms with Gasteiger partial charge < -0.3 is 11.1 Å². The minimum atomic E-state index is -0.246. The van der Waals surface area contributed by atoms with Gasteiger partial charge in [-0.05, 0) is 23.8 Å². The van der Waals surface area contributed by atoms with E-state index in [1.165, 1.54) is 12.1 Å². The van der Waals surface area contributed by atoms with Gasteiger partial charge in [0.25, 0.3) is 0 Å². The molecule has 0 saturated heterocycles. The highest BCUT2D eigenvalue weighted by Gasteiger charge is 1.99. The van der Waals surface area contributed by atoms with E-state index in [-0.39, 0.29) is 5.82 Å². The first-order valence-corrected chi connectivity index (χ1v) is 3.44. The molecular weight excluding hydrogens is 143 g/mol. The molecule has 0 aliphatic heterocycles. The lowest BCUT2D eigenvalue weighted by Gasteiger charge is -2.05. The predicted molar refractivity (Wildman–Crippen MR) is 43.8 cm³/mol. The highest BCUT2D eigenvalue weighted by molar-refractivity contribution is 5.50.